The van der Waals surface area contributed by atoms with Gasteiger partial charge in [-0.3, -0.25) is 0 Å². The van der Waals surface area contributed by atoms with Crippen molar-refractivity contribution in [1.29, 1.82) is 0 Å². The highest BCUT2D eigenvalue weighted by Crippen LogP contribution is 2.77. The highest BCUT2D eigenvalue weighted by atomic mass is 32.2. The number of fused-ring (bicyclic) bond motifs is 8. The van der Waals surface area contributed by atoms with Crippen molar-refractivity contribution in [2.45, 2.75) is 82.2 Å². The second kappa shape index (κ2) is 11.1. The lowest BCUT2D eigenvalue weighted by molar-refractivity contribution is -0.258. The van der Waals surface area contributed by atoms with Crippen LogP contribution in [0, 0.1) is 0 Å². The number of halogens is 12. The Morgan fingerprint density at radius 3 is 1.16 bits per heavy atom. The van der Waals surface area contributed by atoms with Gasteiger partial charge in [0, 0.05) is 46.2 Å². The van der Waals surface area contributed by atoms with Gasteiger partial charge in [-0.25, -0.2) is 4.79 Å². The van der Waals surface area contributed by atoms with Gasteiger partial charge in [0.2, 0.25) is 0 Å². The number of rotatable bonds is 4. The average Bonchev–Trinajstić information content (AvgIpc) is 3.90. The summed E-state index contributed by atoms with van der Waals surface area (Å²) < 4.78 is 179. The Kier molecular flexibility index (Phi) is 7.71. The number of carbonyl (C=O) groups is 1. The molecule has 9 rings (SSSR count). The fraction of sp³-hybridized carbons (Fsp3) is 0.410. The number of aliphatic carboxylic acids is 1. The van der Waals surface area contributed by atoms with Gasteiger partial charge in [-0.15, -0.1) is 35.3 Å². The topological polar surface area (TPSA) is 40.5 Å². The normalized spacial score (nSPS) is 36.2. The van der Waals surface area contributed by atoms with Gasteiger partial charge < -0.3 is 10.0 Å². The lowest BCUT2D eigenvalue weighted by Crippen LogP contribution is -2.49. The summed E-state index contributed by atoms with van der Waals surface area (Å²) in [6.45, 7) is 5.81. The molecule has 19 heteroatoms. The summed E-state index contributed by atoms with van der Waals surface area (Å²) in [5.74, 6) is -34.3. The van der Waals surface area contributed by atoms with E-state index in [0.717, 1.165) is 47.4 Å². The van der Waals surface area contributed by atoms with E-state index in [2.05, 4.69) is 0 Å². The highest BCUT2D eigenvalue weighted by Gasteiger charge is 2.86. The maximum absolute atomic E-state index is 15.7. The minimum atomic E-state index is -5.84. The molecule has 58 heavy (non-hydrogen) atoms. The van der Waals surface area contributed by atoms with Crippen molar-refractivity contribution in [3.63, 3.8) is 0 Å². The number of hydrogen-bond acceptors (Lipinski definition) is 6. The molecule has 0 bridgehead atoms. The zero-order valence-electron chi connectivity index (χ0n) is 30.6. The van der Waals surface area contributed by atoms with Crippen molar-refractivity contribution in [2.24, 2.45) is 0 Å². The molecule has 4 atom stereocenters. The molecule has 0 amide bonds. The summed E-state index contributed by atoms with van der Waals surface area (Å²) in [6, 6.07) is 5.92. The van der Waals surface area contributed by atoms with Crippen molar-refractivity contribution in [2.75, 3.05) is 14.1 Å². The molecule has 4 heterocycles. The number of nitrogens with zero attached hydrogens (tertiary/aromatic N) is 1. The first-order valence-electron chi connectivity index (χ1n) is 17.3. The smallest absolute Gasteiger partial charge is 0.380 e. The Bertz CT molecular complexity index is 2490. The van der Waals surface area contributed by atoms with Gasteiger partial charge in [-0.05, 0) is 85.4 Å². The molecule has 0 radical (unpaired) electrons. The van der Waals surface area contributed by atoms with Crippen molar-refractivity contribution in [3.05, 3.63) is 114 Å². The monoisotopic (exact) mass is 897 g/mol. The molecule has 8 aliphatic rings. The number of carboxylic acids is 1. The van der Waals surface area contributed by atoms with Gasteiger partial charge in [-0.2, -0.15) is 52.7 Å². The second-order valence-corrected chi connectivity index (χ2v) is 21.7. The molecule has 308 valence electrons. The number of thioether (sulfide) groups is 4. The molecule has 0 saturated heterocycles. The summed E-state index contributed by atoms with van der Waals surface area (Å²) >= 11 is 3.59. The standard InChI is InChI=1S/C39H27F12NO2S4/c1-30-17(25-27(36(44,45)38(48,49)34(25,40)41)19-13-23(29(53)54)57-31(19,30)2)11-21(55-30)15-7-9-16(10-8-15)22-12-18-26-28(37(46,47)39(50,51)35(26,42)43)20-14-24(52(5)6)58-33(20,4)32(18,3)56-22/h7-14H,1-6H3,(H,53,54)/t30-,31-,32+,33+/m1/s1. The van der Waals surface area contributed by atoms with E-state index in [0.29, 0.717) is 27.9 Å². The number of benzene rings is 1. The third kappa shape index (κ3) is 4.18. The van der Waals surface area contributed by atoms with E-state index >= 15 is 52.7 Å². The fourth-order valence-electron chi connectivity index (χ4n) is 9.21. The molecule has 0 spiro atoms. The molecular weight excluding hydrogens is 871 g/mol. The summed E-state index contributed by atoms with van der Waals surface area (Å²) in [5, 5.41) is 10.2. The van der Waals surface area contributed by atoms with Crippen LogP contribution in [0.25, 0.3) is 9.81 Å². The quantitative estimate of drug-likeness (QED) is 0.302. The second-order valence-electron chi connectivity index (χ2n) is 15.9. The molecule has 2 fully saturated rings. The SMILES string of the molecule is CN(C)C1=CC2=C3C(=C4C=C(c5ccc(C6=CC7=C8C(=C9C=C(C(=O)O)S[C@@]9(C)[C@]7(C)S6)C(F)(F)C(F)(F)C8(F)F)cc5)S[C@]4(C)[C@@]2(C)S1)C(F)(F)C(F)(F)C3(F)F. The summed E-state index contributed by atoms with van der Waals surface area (Å²) in [7, 11) is 3.20. The van der Waals surface area contributed by atoms with Crippen LogP contribution >= 0.6 is 47.0 Å². The summed E-state index contributed by atoms with van der Waals surface area (Å²) in [6.07, 6.45) is 4.30. The van der Waals surface area contributed by atoms with Crippen LogP contribution in [-0.4, -0.2) is 84.6 Å². The Labute approximate surface area is 339 Å². The van der Waals surface area contributed by atoms with Crippen LogP contribution in [0.3, 0.4) is 0 Å². The molecular formula is C39H27F12NO2S4. The Balaban J connectivity index is 1.15. The van der Waals surface area contributed by atoms with Crippen molar-refractivity contribution >= 4 is 62.8 Å². The molecule has 1 aromatic rings. The average molecular weight is 898 g/mol. The Morgan fingerprint density at radius 2 is 0.810 bits per heavy atom. The van der Waals surface area contributed by atoms with Crippen LogP contribution in [0.4, 0.5) is 52.7 Å². The van der Waals surface area contributed by atoms with E-state index in [4.69, 9.17) is 0 Å². The Morgan fingerprint density at radius 1 is 0.500 bits per heavy atom. The van der Waals surface area contributed by atoms with Gasteiger partial charge in [0.1, 0.15) is 0 Å². The fourth-order valence-corrected chi connectivity index (χ4v) is 15.2. The minimum Gasteiger partial charge on any atom is -0.477 e. The van der Waals surface area contributed by atoms with E-state index in [1.54, 1.807) is 25.9 Å². The van der Waals surface area contributed by atoms with Crippen molar-refractivity contribution in [1.82, 2.24) is 4.90 Å². The third-order valence-electron chi connectivity index (χ3n) is 12.7. The number of allylic oxidation sites excluding steroid dienone is 8. The van der Waals surface area contributed by atoms with Gasteiger partial charge in [0.15, 0.2) is 0 Å². The first-order chi connectivity index (χ1) is 26.4. The van der Waals surface area contributed by atoms with Crippen molar-refractivity contribution in [3.8, 4) is 0 Å². The van der Waals surface area contributed by atoms with E-state index in [1.807, 2.05) is 0 Å². The lowest BCUT2D eigenvalue weighted by atomic mass is 9.71. The van der Waals surface area contributed by atoms with Crippen LogP contribution in [-0.2, 0) is 4.79 Å². The highest BCUT2D eigenvalue weighted by molar-refractivity contribution is 8.13. The Hall–Kier alpha value is -3.03. The molecule has 2 saturated carbocycles. The van der Waals surface area contributed by atoms with Crippen LogP contribution in [0.2, 0.25) is 0 Å². The summed E-state index contributed by atoms with van der Waals surface area (Å²) in [4.78, 5) is 13.5. The molecule has 4 aliphatic heterocycles. The first kappa shape index (κ1) is 40.4. The summed E-state index contributed by atoms with van der Waals surface area (Å²) in [5.41, 5.74) is -7.29. The number of alkyl halides is 12. The molecule has 4 aliphatic carbocycles. The van der Waals surface area contributed by atoms with Crippen LogP contribution < -0.4 is 0 Å². The predicted molar refractivity (Wildman–Crippen MR) is 202 cm³/mol. The van der Waals surface area contributed by atoms with Gasteiger partial charge >= 0.3 is 41.5 Å². The maximum Gasteiger partial charge on any atom is 0.380 e. The number of hydrogen-bond donors (Lipinski definition) is 1. The molecule has 3 nitrogen and oxygen atoms in total. The van der Waals surface area contributed by atoms with E-state index in [1.165, 1.54) is 57.2 Å². The lowest BCUT2D eigenvalue weighted by Gasteiger charge is -2.47. The maximum atomic E-state index is 15.7. The van der Waals surface area contributed by atoms with Gasteiger partial charge in [-0.1, -0.05) is 36.0 Å². The van der Waals surface area contributed by atoms with Crippen LogP contribution in [0.15, 0.2) is 103 Å². The van der Waals surface area contributed by atoms with Crippen LogP contribution in [0.5, 0.6) is 0 Å². The van der Waals surface area contributed by atoms with E-state index in [9.17, 15) is 9.90 Å². The zero-order chi connectivity index (χ0) is 42.7. The molecule has 1 N–H and O–H groups in total. The third-order valence-corrected chi connectivity index (χ3v) is 19.5. The van der Waals surface area contributed by atoms with Crippen LogP contribution in [0.1, 0.15) is 38.8 Å². The predicted octanol–water partition coefficient (Wildman–Crippen LogP) is 11.8. The van der Waals surface area contributed by atoms with Gasteiger partial charge in [0.25, 0.3) is 0 Å². The molecule has 0 aromatic heterocycles. The molecule has 1 aromatic carbocycles. The van der Waals surface area contributed by atoms with E-state index in [-0.39, 0.29) is 21.0 Å². The zero-order valence-corrected chi connectivity index (χ0v) is 33.9. The molecule has 0 unspecified atom stereocenters. The minimum absolute atomic E-state index is 0.182. The first-order valence-corrected chi connectivity index (χ1v) is 20.6. The van der Waals surface area contributed by atoms with Crippen molar-refractivity contribution < 1.29 is 62.6 Å². The van der Waals surface area contributed by atoms with E-state index < -0.39 is 98.8 Å². The number of carboxylic acid groups (broad SMARTS) is 1. The largest absolute Gasteiger partial charge is 0.477 e. The van der Waals surface area contributed by atoms with Gasteiger partial charge in [0.05, 0.1) is 28.9 Å².